The number of nitrogens with zero attached hydrogens (tertiary/aromatic N) is 2. The molecule has 0 bridgehead atoms. The SMILES string of the molecule is CCCc1cn2c3ccc(CC(C)(C)C)cc3c3ccccc3c2n1. The minimum atomic E-state index is 0.289. The van der Waals surface area contributed by atoms with Gasteiger partial charge in [-0.05, 0) is 41.3 Å². The molecule has 2 aromatic heterocycles. The molecule has 0 N–H and O–H groups in total. The topological polar surface area (TPSA) is 17.3 Å². The smallest absolute Gasteiger partial charge is 0.145 e. The molecule has 4 rings (SSSR count). The summed E-state index contributed by atoms with van der Waals surface area (Å²) in [5.41, 5.74) is 5.20. The van der Waals surface area contributed by atoms with Crippen LogP contribution in [0.3, 0.4) is 0 Å². The molecule has 2 nitrogen and oxygen atoms in total. The normalized spacial score (nSPS) is 12.5. The summed E-state index contributed by atoms with van der Waals surface area (Å²) >= 11 is 0. The van der Waals surface area contributed by atoms with E-state index < -0.39 is 0 Å². The van der Waals surface area contributed by atoms with Crippen molar-refractivity contribution in [2.75, 3.05) is 0 Å². The molecule has 4 aromatic rings. The summed E-state index contributed by atoms with van der Waals surface area (Å²) in [5, 5.41) is 3.87. The Labute approximate surface area is 149 Å². The first-order valence-corrected chi connectivity index (χ1v) is 9.27. The Hall–Kier alpha value is -2.35. The fourth-order valence-corrected chi connectivity index (χ4v) is 3.82. The molecule has 2 heteroatoms. The van der Waals surface area contributed by atoms with Crippen LogP contribution in [0.1, 0.15) is 45.4 Å². The summed E-state index contributed by atoms with van der Waals surface area (Å²) in [7, 11) is 0. The minimum absolute atomic E-state index is 0.289. The van der Waals surface area contributed by atoms with E-state index in [2.05, 4.69) is 80.8 Å². The second-order valence-corrected chi connectivity index (χ2v) is 8.31. The monoisotopic (exact) mass is 330 g/mol. The molecule has 0 unspecified atom stereocenters. The lowest BCUT2D eigenvalue weighted by Crippen LogP contribution is -2.09. The summed E-state index contributed by atoms with van der Waals surface area (Å²) in [6, 6.07) is 15.6. The van der Waals surface area contributed by atoms with Crippen LogP contribution in [0.2, 0.25) is 0 Å². The molecule has 0 aliphatic carbocycles. The minimum Gasteiger partial charge on any atom is -0.299 e. The Morgan fingerprint density at radius 1 is 0.960 bits per heavy atom. The average Bonchev–Trinajstić information content (AvgIpc) is 2.98. The summed E-state index contributed by atoms with van der Waals surface area (Å²) in [5.74, 6) is 0. The largest absolute Gasteiger partial charge is 0.299 e. The maximum atomic E-state index is 4.93. The van der Waals surface area contributed by atoms with E-state index in [4.69, 9.17) is 4.98 Å². The zero-order valence-electron chi connectivity index (χ0n) is 15.6. The van der Waals surface area contributed by atoms with E-state index in [-0.39, 0.29) is 5.41 Å². The van der Waals surface area contributed by atoms with Gasteiger partial charge >= 0.3 is 0 Å². The predicted octanol–water partition coefficient (Wildman–Crippen LogP) is 6.18. The average molecular weight is 330 g/mol. The Balaban J connectivity index is 2.06. The summed E-state index contributed by atoms with van der Waals surface area (Å²) in [6.07, 6.45) is 5.45. The Kier molecular flexibility index (Phi) is 3.79. The number of pyridine rings is 1. The van der Waals surface area contributed by atoms with Crippen molar-refractivity contribution in [3.05, 3.63) is 59.9 Å². The second-order valence-electron chi connectivity index (χ2n) is 8.31. The highest BCUT2D eigenvalue weighted by Gasteiger charge is 2.15. The van der Waals surface area contributed by atoms with E-state index >= 15 is 0 Å². The number of rotatable bonds is 3. The van der Waals surface area contributed by atoms with Crippen molar-refractivity contribution in [1.29, 1.82) is 0 Å². The standard InChI is InChI=1S/C23H26N2/c1-5-8-17-15-25-21-12-11-16(14-23(2,3)4)13-20(21)18-9-6-7-10-19(18)22(25)24-17/h6-7,9-13,15H,5,8,14H2,1-4H3. The van der Waals surface area contributed by atoms with Gasteiger partial charge in [0, 0.05) is 17.0 Å². The summed E-state index contributed by atoms with van der Waals surface area (Å²) < 4.78 is 2.28. The molecule has 0 amide bonds. The number of imidazole rings is 1. The van der Waals surface area contributed by atoms with Crippen LogP contribution in [-0.4, -0.2) is 9.38 Å². The first-order chi connectivity index (χ1) is 12.0. The molecular weight excluding hydrogens is 304 g/mol. The Morgan fingerprint density at radius 2 is 1.72 bits per heavy atom. The number of aromatic nitrogens is 2. The van der Waals surface area contributed by atoms with E-state index in [9.17, 15) is 0 Å². The molecular formula is C23H26N2. The van der Waals surface area contributed by atoms with Gasteiger partial charge in [0.2, 0.25) is 0 Å². The van der Waals surface area contributed by atoms with Crippen LogP contribution in [-0.2, 0) is 12.8 Å². The van der Waals surface area contributed by atoms with Crippen LogP contribution in [0.15, 0.2) is 48.7 Å². The molecule has 128 valence electrons. The number of hydrogen-bond donors (Lipinski definition) is 0. The van der Waals surface area contributed by atoms with Crippen molar-refractivity contribution in [3.63, 3.8) is 0 Å². The van der Waals surface area contributed by atoms with Gasteiger partial charge < -0.3 is 0 Å². The van der Waals surface area contributed by atoms with Crippen molar-refractivity contribution in [1.82, 2.24) is 9.38 Å². The van der Waals surface area contributed by atoms with Crippen LogP contribution in [0.5, 0.6) is 0 Å². The first kappa shape index (κ1) is 16.1. The van der Waals surface area contributed by atoms with Crippen molar-refractivity contribution in [2.45, 2.75) is 47.0 Å². The van der Waals surface area contributed by atoms with Crippen LogP contribution >= 0.6 is 0 Å². The fourth-order valence-electron chi connectivity index (χ4n) is 3.82. The second kappa shape index (κ2) is 5.87. The van der Waals surface area contributed by atoms with Crippen molar-refractivity contribution in [2.24, 2.45) is 5.41 Å². The first-order valence-electron chi connectivity index (χ1n) is 9.27. The predicted molar refractivity (Wildman–Crippen MR) is 107 cm³/mol. The number of benzene rings is 2. The molecule has 0 aliphatic rings. The van der Waals surface area contributed by atoms with Crippen LogP contribution in [0, 0.1) is 5.41 Å². The lowest BCUT2D eigenvalue weighted by Gasteiger charge is -2.19. The third-order valence-corrected chi connectivity index (χ3v) is 4.78. The molecule has 0 saturated heterocycles. The van der Waals surface area contributed by atoms with Crippen molar-refractivity contribution in [3.8, 4) is 0 Å². The molecule has 0 atom stereocenters. The third-order valence-electron chi connectivity index (χ3n) is 4.78. The highest BCUT2D eigenvalue weighted by molar-refractivity contribution is 6.11. The maximum absolute atomic E-state index is 4.93. The lowest BCUT2D eigenvalue weighted by atomic mass is 9.87. The van der Waals surface area contributed by atoms with Gasteiger partial charge in [0.1, 0.15) is 5.65 Å². The molecule has 0 radical (unpaired) electrons. The van der Waals surface area contributed by atoms with Crippen molar-refractivity contribution < 1.29 is 0 Å². The number of hydrogen-bond acceptors (Lipinski definition) is 1. The van der Waals surface area contributed by atoms with Gasteiger partial charge in [-0.2, -0.15) is 0 Å². The number of fused-ring (bicyclic) bond motifs is 6. The zero-order chi connectivity index (χ0) is 17.6. The third kappa shape index (κ3) is 2.90. The van der Waals surface area contributed by atoms with Gasteiger partial charge in [-0.1, -0.05) is 64.4 Å². The fraction of sp³-hybridized carbons (Fsp3) is 0.348. The molecule has 0 spiro atoms. The van der Waals surface area contributed by atoms with E-state index in [1.54, 1.807) is 0 Å². The quantitative estimate of drug-likeness (QED) is 0.410. The zero-order valence-corrected chi connectivity index (χ0v) is 15.6. The van der Waals surface area contributed by atoms with Gasteiger partial charge in [-0.3, -0.25) is 4.40 Å². The number of aryl methyl sites for hydroxylation is 1. The highest BCUT2D eigenvalue weighted by Crippen LogP contribution is 2.31. The van der Waals surface area contributed by atoms with Gasteiger partial charge in [0.15, 0.2) is 0 Å². The molecule has 2 aromatic carbocycles. The Bertz CT molecular complexity index is 1060. The Morgan fingerprint density at radius 3 is 2.44 bits per heavy atom. The van der Waals surface area contributed by atoms with Crippen LogP contribution < -0.4 is 0 Å². The molecule has 25 heavy (non-hydrogen) atoms. The van der Waals surface area contributed by atoms with E-state index in [0.717, 1.165) is 24.9 Å². The maximum Gasteiger partial charge on any atom is 0.145 e. The molecule has 2 heterocycles. The van der Waals surface area contributed by atoms with E-state index in [1.807, 2.05) is 0 Å². The van der Waals surface area contributed by atoms with Gasteiger partial charge in [-0.25, -0.2) is 4.98 Å². The van der Waals surface area contributed by atoms with E-state index in [1.165, 1.54) is 32.9 Å². The van der Waals surface area contributed by atoms with Crippen LogP contribution in [0.25, 0.3) is 27.3 Å². The van der Waals surface area contributed by atoms with Gasteiger partial charge in [-0.15, -0.1) is 0 Å². The highest BCUT2D eigenvalue weighted by atomic mass is 15.0. The van der Waals surface area contributed by atoms with Crippen molar-refractivity contribution >= 4 is 27.3 Å². The lowest BCUT2D eigenvalue weighted by molar-refractivity contribution is 0.411. The molecule has 0 fully saturated rings. The van der Waals surface area contributed by atoms with E-state index in [0.29, 0.717) is 0 Å². The molecule has 0 saturated carbocycles. The van der Waals surface area contributed by atoms with Gasteiger partial charge in [0.05, 0.1) is 11.2 Å². The summed E-state index contributed by atoms with van der Waals surface area (Å²) in [6.45, 7) is 9.10. The summed E-state index contributed by atoms with van der Waals surface area (Å²) in [4.78, 5) is 4.93. The van der Waals surface area contributed by atoms with Gasteiger partial charge in [0.25, 0.3) is 0 Å². The molecule has 0 aliphatic heterocycles. The van der Waals surface area contributed by atoms with Crippen LogP contribution in [0.4, 0.5) is 0 Å².